The third kappa shape index (κ3) is 5.85. The summed E-state index contributed by atoms with van der Waals surface area (Å²) in [6, 6.07) is 10.0. The Balaban J connectivity index is 2.30. The maximum absolute atomic E-state index is 12.4. The second-order valence-corrected chi connectivity index (χ2v) is 7.71. The van der Waals surface area contributed by atoms with E-state index in [-0.39, 0.29) is 5.57 Å². The fourth-order valence-electron chi connectivity index (χ4n) is 2.04. The van der Waals surface area contributed by atoms with E-state index in [1.165, 1.54) is 12.1 Å². The smallest absolute Gasteiger partial charge is 0.266 e. The van der Waals surface area contributed by atoms with Crippen LogP contribution in [0.5, 0.6) is 5.75 Å². The van der Waals surface area contributed by atoms with Crippen molar-refractivity contribution >= 4 is 72.7 Å². The minimum atomic E-state index is -0.596. The Kier molecular flexibility index (Phi) is 7.93. The first-order valence-electron chi connectivity index (χ1n) is 7.46. The molecule has 0 bridgehead atoms. The van der Waals surface area contributed by atoms with Gasteiger partial charge >= 0.3 is 0 Å². The van der Waals surface area contributed by atoms with E-state index < -0.39 is 5.91 Å². The number of halogens is 4. The van der Waals surface area contributed by atoms with Gasteiger partial charge in [-0.15, -0.1) is 0 Å². The lowest BCUT2D eigenvalue weighted by molar-refractivity contribution is -0.112. The SMILES string of the molecule is C=CCOc1c(Br)cc(/C=C(\C#N)C(=O)Nc2cc(Cl)ccc2Cl)cc1Br. The number of ether oxygens (including phenoxy) is 1. The van der Waals surface area contributed by atoms with Crippen LogP contribution < -0.4 is 10.1 Å². The summed E-state index contributed by atoms with van der Waals surface area (Å²) in [5, 5.41) is 12.7. The molecule has 0 aromatic heterocycles. The summed E-state index contributed by atoms with van der Waals surface area (Å²) in [4.78, 5) is 12.4. The largest absolute Gasteiger partial charge is 0.487 e. The normalized spacial score (nSPS) is 10.9. The number of rotatable bonds is 6. The average Bonchev–Trinajstić information content (AvgIpc) is 2.62. The van der Waals surface area contributed by atoms with Crippen LogP contribution in [0.2, 0.25) is 10.0 Å². The van der Waals surface area contributed by atoms with Crippen LogP contribution in [0.15, 0.2) is 57.5 Å². The first-order valence-corrected chi connectivity index (χ1v) is 9.80. The van der Waals surface area contributed by atoms with Gasteiger partial charge in [0, 0.05) is 5.02 Å². The van der Waals surface area contributed by atoms with Gasteiger partial charge in [0.2, 0.25) is 0 Å². The molecule has 0 aliphatic carbocycles. The Morgan fingerprint density at radius 1 is 1.26 bits per heavy atom. The molecule has 0 saturated carbocycles. The number of benzene rings is 2. The lowest BCUT2D eigenvalue weighted by Crippen LogP contribution is -2.13. The number of amides is 1. The van der Waals surface area contributed by atoms with Gasteiger partial charge in [0.25, 0.3) is 5.91 Å². The molecular weight excluding hydrogens is 519 g/mol. The van der Waals surface area contributed by atoms with Gasteiger partial charge in [0.1, 0.15) is 24.0 Å². The van der Waals surface area contributed by atoms with E-state index in [0.717, 1.165) is 0 Å². The molecular formula is C19H12Br2Cl2N2O2. The second kappa shape index (κ2) is 9.95. The van der Waals surface area contributed by atoms with Crippen molar-refractivity contribution in [3.63, 3.8) is 0 Å². The molecule has 2 aromatic carbocycles. The Morgan fingerprint density at radius 3 is 2.52 bits per heavy atom. The Labute approximate surface area is 183 Å². The van der Waals surface area contributed by atoms with Gasteiger partial charge in [0.15, 0.2) is 0 Å². The fourth-order valence-corrected chi connectivity index (χ4v) is 3.83. The van der Waals surface area contributed by atoms with Gasteiger partial charge in [-0.2, -0.15) is 5.26 Å². The Bertz CT molecular complexity index is 946. The minimum Gasteiger partial charge on any atom is -0.487 e. The molecule has 0 unspecified atom stereocenters. The highest BCUT2D eigenvalue weighted by Crippen LogP contribution is 2.35. The number of nitrogens with one attached hydrogen (secondary N) is 1. The van der Waals surface area contributed by atoms with Crippen molar-refractivity contribution in [2.45, 2.75) is 0 Å². The highest BCUT2D eigenvalue weighted by Gasteiger charge is 2.14. The minimum absolute atomic E-state index is 0.0930. The van der Waals surface area contributed by atoms with Crippen LogP contribution in [0.1, 0.15) is 5.56 Å². The summed E-state index contributed by atoms with van der Waals surface area (Å²) in [7, 11) is 0. The lowest BCUT2D eigenvalue weighted by Gasteiger charge is -2.10. The molecule has 0 heterocycles. The Morgan fingerprint density at radius 2 is 1.93 bits per heavy atom. The summed E-state index contributed by atoms with van der Waals surface area (Å²) < 4.78 is 6.88. The topological polar surface area (TPSA) is 62.1 Å². The van der Waals surface area contributed by atoms with Crippen molar-refractivity contribution < 1.29 is 9.53 Å². The molecule has 1 N–H and O–H groups in total. The van der Waals surface area contributed by atoms with Gasteiger partial charge < -0.3 is 10.1 Å². The first kappa shape index (κ1) is 21.5. The molecule has 0 saturated heterocycles. The van der Waals surface area contributed by atoms with Crippen LogP contribution in [0, 0.1) is 11.3 Å². The van der Waals surface area contributed by atoms with E-state index >= 15 is 0 Å². The molecule has 0 radical (unpaired) electrons. The van der Waals surface area contributed by atoms with Crippen LogP contribution >= 0.6 is 55.1 Å². The molecule has 0 spiro atoms. The van der Waals surface area contributed by atoms with Crippen molar-refractivity contribution in [2.24, 2.45) is 0 Å². The third-order valence-electron chi connectivity index (χ3n) is 3.22. The fraction of sp³-hybridized carbons (Fsp3) is 0.0526. The summed E-state index contributed by atoms with van der Waals surface area (Å²) in [5.41, 5.74) is 0.860. The summed E-state index contributed by atoms with van der Waals surface area (Å²) in [6.07, 6.45) is 3.09. The summed E-state index contributed by atoms with van der Waals surface area (Å²) >= 11 is 18.8. The standard InChI is InChI=1S/C19H12Br2Cl2N2O2/c1-2-5-27-18-14(20)7-11(8-15(18)21)6-12(10-24)19(26)25-17-9-13(22)3-4-16(17)23/h2-4,6-9H,1,5H2,(H,25,26)/b12-6+. The van der Waals surface area contributed by atoms with Gasteiger partial charge in [-0.05, 0) is 73.8 Å². The number of nitriles is 1. The maximum Gasteiger partial charge on any atom is 0.266 e. The predicted octanol–water partition coefficient (Wildman–Crippen LogP) is 6.63. The van der Waals surface area contributed by atoms with E-state index in [4.69, 9.17) is 27.9 Å². The number of nitrogens with zero attached hydrogens (tertiary/aromatic N) is 1. The summed E-state index contributed by atoms with van der Waals surface area (Å²) in [6.45, 7) is 3.95. The van der Waals surface area contributed by atoms with E-state index in [1.807, 2.05) is 6.07 Å². The number of hydrogen-bond donors (Lipinski definition) is 1. The quantitative estimate of drug-likeness (QED) is 0.259. The maximum atomic E-state index is 12.4. The van der Waals surface area contributed by atoms with E-state index in [0.29, 0.717) is 42.6 Å². The van der Waals surface area contributed by atoms with E-state index in [9.17, 15) is 10.1 Å². The number of anilines is 1. The van der Waals surface area contributed by atoms with Crippen LogP contribution in [0.4, 0.5) is 5.69 Å². The molecule has 0 aliphatic rings. The zero-order chi connectivity index (χ0) is 20.0. The molecule has 138 valence electrons. The molecule has 1 amide bonds. The summed E-state index contributed by atoms with van der Waals surface area (Å²) in [5.74, 6) is 0.00149. The lowest BCUT2D eigenvalue weighted by atomic mass is 10.1. The second-order valence-electron chi connectivity index (χ2n) is 5.16. The molecule has 0 fully saturated rings. The highest BCUT2D eigenvalue weighted by atomic mass is 79.9. The first-order chi connectivity index (χ1) is 12.8. The molecule has 0 atom stereocenters. The third-order valence-corrected chi connectivity index (χ3v) is 4.96. The number of carbonyl (C=O) groups is 1. The van der Waals surface area contributed by atoms with Crippen molar-refractivity contribution in [1.82, 2.24) is 0 Å². The van der Waals surface area contributed by atoms with Crippen molar-refractivity contribution in [3.05, 3.63) is 73.1 Å². The van der Waals surface area contributed by atoms with Gasteiger partial charge in [-0.25, -0.2) is 0 Å². The zero-order valence-electron chi connectivity index (χ0n) is 13.7. The molecule has 2 aromatic rings. The highest BCUT2D eigenvalue weighted by molar-refractivity contribution is 9.11. The van der Waals surface area contributed by atoms with E-state index in [2.05, 4.69) is 43.8 Å². The van der Waals surface area contributed by atoms with E-state index in [1.54, 1.807) is 30.3 Å². The van der Waals surface area contributed by atoms with Gasteiger partial charge in [-0.3, -0.25) is 4.79 Å². The van der Waals surface area contributed by atoms with Gasteiger partial charge in [-0.1, -0.05) is 35.9 Å². The average molecular weight is 531 g/mol. The molecule has 4 nitrogen and oxygen atoms in total. The number of carbonyl (C=O) groups excluding carboxylic acids is 1. The van der Waals surface area contributed by atoms with Crippen LogP contribution in [-0.2, 0) is 4.79 Å². The monoisotopic (exact) mass is 528 g/mol. The molecule has 0 aliphatic heterocycles. The molecule has 27 heavy (non-hydrogen) atoms. The number of hydrogen-bond acceptors (Lipinski definition) is 3. The molecule has 2 rings (SSSR count). The zero-order valence-corrected chi connectivity index (χ0v) is 18.4. The van der Waals surface area contributed by atoms with Crippen molar-refractivity contribution in [3.8, 4) is 11.8 Å². The van der Waals surface area contributed by atoms with Gasteiger partial charge in [0.05, 0.1) is 19.7 Å². The van der Waals surface area contributed by atoms with Crippen LogP contribution in [0.3, 0.4) is 0 Å². The van der Waals surface area contributed by atoms with Crippen molar-refractivity contribution in [1.29, 1.82) is 5.26 Å². The van der Waals surface area contributed by atoms with Crippen LogP contribution in [-0.4, -0.2) is 12.5 Å². The molecule has 8 heteroatoms. The van der Waals surface area contributed by atoms with Crippen molar-refractivity contribution in [2.75, 3.05) is 11.9 Å². The predicted molar refractivity (Wildman–Crippen MR) is 116 cm³/mol. The Hall–Kier alpha value is -1.78. The van der Waals surface area contributed by atoms with Crippen LogP contribution in [0.25, 0.3) is 6.08 Å².